The topological polar surface area (TPSA) is 50.1 Å². The number of aryl methyl sites for hydroxylation is 1. The summed E-state index contributed by atoms with van der Waals surface area (Å²) in [5.41, 5.74) is 0. The Bertz CT molecular complexity index is 265. The minimum atomic E-state index is 0.292. The van der Waals surface area contributed by atoms with E-state index in [0.29, 0.717) is 6.61 Å². The summed E-state index contributed by atoms with van der Waals surface area (Å²) >= 11 is 1.85. The van der Waals surface area contributed by atoms with Crippen molar-refractivity contribution >= 4 is 17.7 Å². The third-order valence-electron chi connectivity index (χ3n) is 2.03. The zero-order valence-electron chi connectivity index (χ0n) is 9.15. The zero-order valence-corrected chi connectivity index (χ0v) is 9.96. The molecule has 1 heterocycles. The summed E-state index contributed by atoms with van der Waals surface area (Å²) in [5, 5.41) is 11.9. The molecule has 1 aromatic heterocycles. The summed E-state index contributed by atoms with van der Waals surface area (Å²) in [4.78, 5) is 4.22. The lowest BCUT2D eigenvalue weighted by Crippen LogP contribution is -2.09. The van der Waals surface area contributed by atoms with E-state index < -0.39 is 0 Å². The van der Waals surface area contributed by atoms with Crippen LogP contribution in [0.4, 0.5) is 5.95 Å². The van der Waals surface area contributed by atoms with Crippen LogP contribution < -0.4 is 5.32 Å². The van der Waals surface area contributed by atoms with Crippen LogP contribution in [-0.2, 0) is 6.54 Å². The molecule has 5 heteroatoms. The highest BCUT2D eigenvalue weighted by Gasteiger charge is 1.98. The van der Waals surface area contributed by atoms with Crippen LogP contribution in [0.25, 0.3) is 0 Å². The third-order valence-corrected chi connectivity index (χ3v) is 3.10. The molecular formula is C10H19N3OS. The molecule has 0 saturated heterocycles. The molecule has 2 N–H and O–H groups in total. The van der Waals surface area contributed by atoms with Crippen LogP contribution in [-0.4, -0.2) is 39.3 Å². The lowest BCUT2D eigenvalue weighted by atomic mass is 10.5. The second-order valence-corrected chi connectivity index (χ2v) is 4.38. The highest BCUT2D eigenvalue weighted by molar-refractivity contribution is 7.99. The molecule has 0 fully saturated rings. The molecule has 0 atom stereocenters. The van der Waals surface area contributed by atoms with Crippen LogP contribution in [0, 0.1) is 0 Å². The number of nitrogens with zero attached hydrogens (tertiary/aromatic N) is 2. The average Bonchev–Trinajstić information content (AvgIpc) is 2.70. The zero-order chi connectivity index (χ0) is 10.9. The monoisotopic (exact) mass is 229 g/mol. The first-order chi connectivity index (χ1) is 7.38. The number of nitrogens with one attached hydrogen (secondary N) is 1. The van der Waals surface area contributed by atoms with Gasteiger partial charge in [-0.25, -0.2) is 4.98 Å². The summed E-state index contributed by atoms with van der Waals surface area (Å²) in [7, 11) is 0. The smallest absolute Gasteiger partial charge is 0.202 e. The van der Waals surface area contributed by atoms with Crippen molar-refractivity contribution in [1.82, 2.24) is 9.55 Å². The molecule has 15 heavy (non-hydrogen) atoms. The normalized spacial score (nSPS) is 10.5. The first-order valence-electron chi connectivity index (χ1n) is 5.32. The number of imidazole rings is 1. The van der Waals surface area contributed by atoms with Gasteiger partial charge in [0.2, 0.25) is 5.95 Å². The van der Waals surface area contributed by atoms with Crippen molar-refractivity contribution in [1.29, 1.82) is 0 Å². The van der Waals surface area contributed by atoms with E-state index in [2.05, 4.69) is 21.8 Å². The maximum absolute atomic E-state index is 8.60. The summed E-state index contributed by atoms with van der Waals surface area (Å²) in [6.07, 6.45) is 4.67. The van der Waals surface area contributed by atoms with Crippen molar-refractivity contribution in [2.24, 2.45) is 0 Å². The Morgan fingerprint density at radius 1 is 1.53 bits per heavy atom. The van der Waals surface area contributed by atoms with E-state index in [4.69, 9.17) is 5.11 Å². The standard InChI is InChI=1S/C10H19N3OS/c1-2-13-6-4-11-10(13)12-5-9-15-8-3-7-14/h4,6,14H,2-3,5,7-9H2,1H3,(H,11,12). The van der Waals surface area contributed by atoms with Gasteiger partial charge in [-0.05, 0) is 19.1 Å². The number of aliphatic hydroxyl groups excluding tert-OH is 1. The van der Waals surface area contributed by atoms with E-state index >= 15 is 0 Å². The Balaban J connectivity index is 2.09. The largest absolute Gasteiger partial charge is 0.396 e. The van der Waals surface area contributed by atoms with Gasteiger partial charge in [0.25, 0.3) is 0 Å². The molecule has 1 aromatic rings. The van der Waals surface area contributed by atoms with Crippen molar-refractivity contribution in [3.63, 3.8) is 0 Å². The average molecular weight is 229 g/mol. The van der Waals surface area contributed by atoms with Gasteiger partial charge in [-0.15, -0.1) is 0 Å². The molecule has 0 saturated carbocycles. The lowest BCUT2D eigenvalue weighted by Gasteiger charge is -2.07. The molecule has 0 amide bonds. The fraction of sp³-hybridized carbons (Fsp3) is 0.700. The van der Waals surface area contributed by atoms with Crippen molar-refractivity contribution < 1.29 is 5.11 Å². The number of aliphatic hydroxyl groups is 1. The van der Waals surface area contributed by atoms with Crippen LogP contribution in [0.5, 0.6) is 0 Å². The Labute approximate surface area is 95.1 Å². The SMILES string of the molecule is CCn1ccnc1NCCSCCCO. The van der Waals surface area contributed by atoms with Crippen molar-refractivity contribution in [2.45, 2.75) is 19.9 Å². The van der Waals surface area contributed by atoms with Gasteiger partial charge < -0.3 is 15.0 Å². The van der Waals surface area contributed by atoms with Crippen LogP contribution in [0.3, 0.4) is 0 Å². The van der Waals surface area contributed by atoms with Gasteiger partial charge >= 0.3 is 0 Å². The van der Waals surface area contributed by atoms with E-state index in [1.807, 2.05) is 24.2 Å². The summed E-state index contributed by atoms with van der Waals surface area (Å²) in [6, 6.07) is 0. The van der Waals surface area contributed by atoms with Gasteiger partial charge in [-0.1, -0.05) is 0 Å². The number of hydrogen-bond acceptors (Lipinski definition) is 4. The van der Waals surface area contributed by atoms with Crippen molar-refractivity contribution in [3.05, 3.63) is 12.4 Å². The van der Waals surface area contributed by atoms with Crippen LogP contribution in [0.2, 0.25) is 0 Å². The maximum atomic E-state index is 8.60. The van der Waals surface area contributed by atoms with E-state index in [1.165, 1.54) is 0 Å². The third kappa shape index (κ3) is 4.57. The molecule has 0 spiro atoms. The van der Waals surface area contributed by atoms with Crippen LogP contribution in [0.15, 0.2) is 12.4 Å². The number of thioether (sulfide) groups is 1. The predicted octanol–water partition coefficient (Wildman–Crippen LogP) is 1.43. The number of rotatable bonds is 8. The van der Waals surface area contributed by atoms with E-state index in [9.17, 15) is 0 Å². The first-order valence-corrected chi connectivity index (χ1v) is 6.47. The number of hydrogen-bond donors (Lipinski definition) is 2. The summed E-state index contributed by atoms with van der Waals surface area (Å²) in [5.74, 6) is 3.03. The minimum Gasteiger partial charge on any atom is -0.396 e. The van der Waals surface area contributed by atoms with Crippen molar-refractivity contribution in [3.8, 4) is 0 Å². The molecule has 0 aliphatic heterocycles. The fourth-order valence-corrected chi connectivity index (χ4v) is 2.02. The Morgan fingerprint density at radius 2 is 2.40 bits per heavy atom. The lowest BCUT2D eigenvalue weighted by molar-refractivity contribution is 0.296. The molecule has 0 unspecified atom stereocenters. The Kier molecular flexibility index (Phi) is 6.27. The molecule has 0 aliphatic rings. The quantitative estimate of drug-likeness (QED) is 0.662. The second kappa shape index (κ2) is 7.59. The van der Waals surface area contributed by atoms with Gasteiger partial charge in [0.05, 0.1) is 0 Å². The van der Waals surface area contributed by atoms with E-state index in [1.54, 1.807) is 0 Å². The van der Waals surface area contributed by atoms with Crippen LogP contribution in [0.1, 0.15) is 13.3 Å². The molecule has 1 rings (SSSR count). The highest BCUT2D eigenvalue weighted by Crippen LogP contribution is 2.05. The Morgan fingerprint density at radius 3 is 3.13 bits per heavy atom. The highest BCUT2D eigenvalue weighted by atomic mass is 32.2. The van der Waals surface area contributed by atoms with E-state index in [0.717, 1.165) is 37.0 Å². The van der Waals surface area contributed by atoms with Gasteiger partial charge in [-0.3, -0.25) is 0 Å². The van der Waals surface area contributed by atoms with Gasteiger partial charge in [0.15, 0.2) is 0 Å². The summed E-state index contributed by atoms with van der Waals surface area (Å²) in [6.45, 7) is 4.26. The van der Waals surface area contributed by atoms with E-state index in [-0.39, 0.29) is 0 Å². The molecule has 86 valence electrons. The molecule has 0 radical (unpaired) electrons. The van der Waals surface area contributed by atoms with Crippen LogP contribution >= 0.6 is 11.8 Å². The van der Waals surface area contributed by atoms with Crippen molar-refractivity contribution in [2.75, 3.05) is 30.0 Å². The predicted molar refractivity (Wildman–Crippen MR) is 65.4 cm³/mol. The number of aromatic nitrogens is 2. The van der Waals surface area contributed by atoms with Gasteiger partial charge in [-0.2, -0.15) is 11.8 Å². The van der Waals surface area contributed by atoms with Gasteiger partial charge in [0, 0.05) is 37.8 Å². The molecule has 0 bridgehead atoms. The van der Waals surface area contributed by atoms with Gasteiger partial charge in [0.1, 0.15) is 0 Å². The molecule has 0 aliphatic carbocycles. The molecular weight excluding hydrogens is 210 g/mol. The maximum Gasteiger partial charge on any atom is 0.202 e. The summed E-state index contributed by atoms with van der Waals surface area (Å²) < 4.78 is 2.08. The molecule has 0 aromatic carbocycles. The Hall–Kier alpha value is -0.680. The fourth-order valence-electron chi connectivity index (χ4n) is 1.24. The molecule has 4 nitrogen and oxygen atoms in total. The minimum absolute atomic E-state index is 0.292. The number of anilines is 1. The first kappa shape index (κ1) is 12.4. The second-order valence-electron chi connectivity index (χ2n) is 3.15.